The first-order valence-electron chi connectivity index (χ1n) is 45.6. The molecule has 9 rings (SSSR count). The number of nitrogens with zero attached hydrogens (tertiary/aromatic N) is 6. The number of aliphatic hydroxyl groups excluding tert-OH is 1. The number of unbranched alkanes of at least 4 members (excludes halogenated alkanes) is 2. The lowest BCUT2D eigenvalue weighted by Crippen LogP contribution is -2.62. The summed E-state index contributed by atoms with van der Waals surface area (Å²) in [5, 5.41) is 58.8. The number of benzene rings is 3. The van der Waals surface area contributed by atoms with E-state index in [0.29, 0.717) is 69.1 Å². The van der Waals surface area contributed by atoms with Crippen LogP contribution < -0.4 is 75.7 Å². The van der Waals surface area contributed by atoms with Gasteiger partial charge in [-0.15, -0.1) is 11.8 Å². The van der Waals surface area contributed by atoms with Gasteiger partial charge in [-0.25, -0.2) is 13.8 Å². The zero-order valence-corrected chi connectivity index (χ0v) is 78.6. The fraction of sp³-hybridized carbons (Fsp3) is 0.527. The fourth-order valence-corrected chi connectivity index (χ4v) is 17.6. The van der Waals surface area contributed by atoms with E-state index in [1.54, 1.807) is 68.6 Å². The highest BCUT2D eigenvalue weighted by molar-refractivity contribution is 8.00. The van der Waals surface area contributed by atoms with Crippen molar-refractivity contribution in [3.05, 3.63) is 120 Å². The lowest BCUT2D eigenvalue weighted by molar-refractivity contribution is -0.149. The van der Waals surface area contributed by atoms with Gasteiger partial charge in [0.25, 0.3) is 5.92 Å². The maximum Gasteiger partial charge on any atom is 0.267 e. The number of likely N-dealkylation sites (N-methyl/N-ethyl adjacent to an activating group) is 3. The minimum absolute atomic E-state index is 0.0180. The quantitative estimate of drug-likeness (QED) is 0.0164. The van der Waals surface area contributed by atoms with E-state index in [-0.39, 0.29) is 88.7 Å². The number of primary amides is 2. The van der Waals surface area contributed by atoms with Crippen molar-refractivity contribution in [1.29, 1.82) is 5.41 Å². The number of hydrogen-bond donors (Lipinski definition) is 20. The number of H-pyrrole nitrogens is 3. The van der Waals surface area contributed by atoms with Gasteiger partial charge in [0.2, 0.25) is 100 Å². The third-order valence-electron chi connectivity index (χ3n) is 24.3. The molecule has 0 saturated carbocycles. The number of halogens is 2. The summed E-state index contributed by atoms with van der Waals surface area (Å²) in [4.78, 5) is 268. The number of phenols is 1. The number of aliphatic hydroxyl groups is 1. The number of thioether (sulfide) groups is 1. The topological polar surface area (TPSA) is 641 Å². The monoisotopic (exact) mass is 1930 g/mol. The normalized spacial score (nSPS) is 24.4. The Labute approximate surface area is 793 Å². The van der Waals surface area contributed by atoms with E-state index < -0.39 is 253 Å². The van der Waals surface area contributed by atoms with Crippen molar-refractivity contribution in [1.82, 2.24) is 103 Å². The molecule has 137 heavy (non-hydrogen) atoms. The highest BCUT2D eigenvalue weighted by atomic mass is 32.2. The van der Waals surface area contributed by atoms with Crippen LogP contribution in [0.2, 0.25) is 0 Å². The Morgan fingerprint density at radius 2 is 1.09 bits per heavy atom. The second kappa shape index (κ2) is 50.1. The van der Waals surface area contributed by atoms with Crippen molar-refractivity contribution >= 4 is 140 Å². The number of fused-ring (bicyclic) bond motifs is 4. The molecule has 0 unspecified atom stereocenters. The van der Waals surface area contributed by atoms with Crippen LogP contribution in [0.5, 0.6) is 5.75 Å². The number of carbonyl (C=O) groups excluding carboxylic acids is 17. The molecule has 3 aromatic heterocycles. The predicted octanol–water partition coefficient (Wildman–Crippen LogP) is -1.65. The van der Waals surface area contributed by atoms with Gasteiger partial charge in [-0.2, -0.15) is 0 Å². The van der Waals surface area contributed by atoms with Crippen LogP contribution in [-0.4, -0.2) is 317 Å². The minimum Gasteiger partial charge on any atom is -0.508 e. The second-order valence-corrected chi connectivity index (χ2v) is 36.2. The number of phenolic OH excluding ortho intramolecular Hbond substituents is 1. The van der Waals surface area contributed by atoms with Gasteiger partial charge in [-0.3, -0.25) is 86.9 Å². The van der Waals surface area contributed by atoms with Crippen LogP contribution in [0.3, 0.4) is 0 Å². The summed E-state index contributed by atoms with van der Waals surface area (Å²) in [5.41, 5.74) is 19.4. The molecule has 14 atom stereocenters. The molecule has 0 aliphatic carbocycles. The molecule has 46 heteroatoms. The number of alkyl halides is 2. The summed E-state index contributed by atoms with van der Waals surface area (Å²) in [7, 11) is 3.83. The Morgan fingerprint density at radius 1 is 0.562 bits per heavy atom. The van der Waals surface area contributed by atoms with E-state index in [1.165, 1.54) is 71.1 Å². The van der Waals surface area contributed by atoms with Gasteiger partial charge in [0.15, 0.2) is 5.96 Å². The molecular weight excluding hydrogens is 1800 g/mol. The van der Waals surface area contributed by atoms with Gasteiger partial charge in [-0.1, -0.05) is 102 Å². The fourth-order valence-electron chi connectivity index (χ4n) is 16.8. The van der Waals surface area contributed by atoms with Crippen LogP contribution in [0.1, 0.15) is 140 Å². The summed E-state index contributed by atoms with van der Waals surface area (Å²) in [6.45, 7) is 4.69. The Morgan fingerprint density at radius 3 is 1.69 bits per heavy atom. The number of aromatic nitrogens is 4. The third-order valence-corrected chi connectivity index (χ3v) is 25.3. The Balaban J connectivity index is 1.11. The van der Waals surface area contributed by atoms with Crippen molar-refractivity contribution in [2.24, 2.45) is 23.1 Å². The van der Waals surface area contributed by atoms with Crippen molar-refractivity contribution in [3.63, 3.8) is 0 Å². The maximum atomic E-state index is 16.4. The molecule has 17 amide bonds. The summed E-state index contributed by atoms with van der Waals surface area (Å²) >= 11 is 0.747. The number of amides is 17. The maximum absolute atomic E-state index is 16.4. The molecular formula is C91H126F2N24O19S. The minimum atomic E-state index is -3.80. The lowest BCUT2D eigenvalue weighted by Gasteiger charge is -2.36. The highest BCUT2D eigenvalue weighted by Crippen LogP contribution is 2.34. The van der Waals surface area contributed by atoms with Crippen LogP contribution in [-0.2, 0) is 107 Å². The molecule has 3 fully saturated rings. The lowest BCUT2D eigenvalue weighted by atomic mass is 10.00. The number of guanidine groups is 1. The molecule has 3 saturated heterocycles. The molecule has 6 aromatic rings. The molecule has 0 bridgehead atoms. The van der Waals surface area contributed by atoms with Crippen LogP contribution in [0.15, 0.2) is 97.7 Å². The first kappa shape index (κ1) is 107. The van der Waals surface area contributed by atoms with Crippen LogP contribution >= 0.6 is 11.8 Å². The second-order valence-electron chi connectivity index (χ2n) is 35.1. The summed E-state index contributed by atoms with van der Waals surface area (Å²) in [5.74, 6) is -23.4. The number of aromatic hydroxyl groups is 1. The van der Waals surface area contributed by atoms with Gasteiger partial charge >= 0.3 is 0 Å². The Hall–Kier alpha value is -13.8. The number of hydrogen-bond acceptors (Lipinski definition) is 22. The molecule has 43 nitrogen and oxygen atoms in total. The molecule has 0 spiro atoms. The van der Waals surface area contributed by atoms with Crippen molar-refractivity contribution < 1.29 is 101 Å². The first-order valence-corrected chi connectivity index (χ1v) is 46.7. The van der Waals surface area contributed by atoms with Crippen LogP contribution in [0.25, 0.3) is 21.8 Å². The van der Waals surface area contributed by atoms with Crippen molar-refractivity contribution in [3.8, 4) is 5.75 Å². The van der Waals surface area contributed by atoms with Gasteiger partial charge in [0.05, 0.1) is 38.2 Å². The largest absolute Gasteiger partial charge is 0.508 e. The zero-order valence-electron chi connectivity index (χ0n) is 77.8. The van der Waals surface area contributed by atoms with Crippen LogP contribution in [0, 0.1) is 11.3 Å². The molecule has 3 aromatic carbocycles. The number of carbonyl (C=O) groups is 17. The molecule has 3 aliphatic rings. The average molecular weight is 1930 g/mol. The standard InChI is InChI=1S/C91H126F2N24O19S/c1-9-11-24-69-82(129)105-60(23-17-31-99-90(96)97)78(125)112-68(77(124)102-43-74(95)121)45-137-46-75(122)104-64(34-51-27-29-55(119)30-28-51)85(132)113(6)50(5)76(123)108-66(38-73(94)120)87(134)116-32-18-26-70(116)83(130)107-62(37-54-42-98-48-103-54)80(127)109-63(33-49(3)4)88(135)117-47-91(92,93)39-72(117)84(131)106-61(35-52-40-100-58-21-15-13-19-56(52)58)79(126)111-67(44-118)81(128)110-65(36-53-41-101-59-22-16-14-20-57(53)59)86(133)115(8)71(25-12-10-2)89(136)114(69)7/h13-16,19-22,27-30,40-42,48-50,60-72,100-101,118-119H,9-12,17-18,23-26,31-39,43-47H2,1-8H3,(H2,94,120)(H2,95,121)(H,98,103)(H,102,124)(H,104,122)(H,105,129)(H,106,131)(H,107,130)(H,108,123)(H,109,127)(H,110,128)(H,111,126)(H,112,125)(H4,96,97,99)/t50-,60-,61-,62-,63-,64-,65-,66-,67-,68-,69-,70-,71-,72-/m0/s1. The van der Waals surface area contributed by atoms with E-state index in [1.807, 2.05) is 13.8 Å². The Bertz CT molecular complexity index is 5310. The summed E-state index contributed by atoms with van der Waals surface area (Å²) in [6, 6.07) is -4.08. The number of imidazole rings is 1. The molecule has 3 aliphatic heterocycles. The molecule has 23 N–H and O–H groups in total. The zero-order chi connectivity index (χ0) is 100. The number of aromatic amines is 3. The average Bonchev–Trinajstić information content (AvgIpc) is 1.64. The molecule has 6 heterocycles. The number of para-hydroxylation sites is 2. The number of nitrogens with two attached hydrogens (primary N) is 3. The first-order chi connectivity index (χ1) is 65.1. The SMILES string of the molecule is CCCC[C@H]1C(=O)N(C)[C@@H](CCCC)C(=O)N[C@@H](CCCNC(=N)N)C(=O)N[C@H](C(=O)NCC(N)=O)CSCC(=O)N[C@@H](Cc2ccc(O)cc2)C(=O)N(C)[C@@H](C)C(=O)N[C@@H](CC(N)=O)C(=O)N2CCC[C@H]2C(=O)N[C@@H](Cc2cnc[nH]2)C(=O)N[C@@H](CC(C)C)C(=O)N2CC(F)(F)C[C@H]2C(=O)N[C@@H](Cc2c[nH]c3ccccc23)C(=O)N[C@@H](CO)C(=O)N[C@@H](Cc2c[nH]c3ccccc23)C(=O)N1C. The molecule has 0 radical (unpaired) electrons. The van der Waals surface area contributed by atoms with Gasteiger partial charge in [0, 0.05) is 118 Å². The Kier molecular flexibility index (Phi) is 39.1. The third kappa shape index (κ3) is 29.8. The number of rotatable bonds is 26. The van der Waals surface area contributed by atoms with Gasteiger partial charge < -0.3 is 125 Å². The number of nitrogens with one attached hydrogen (secondary N) is 15. The van der Waals surface area contributed by atoms with Crippen molar-refractivity contribution in [2.75, 3.05) is 65.4 Å². The highest BCUT2D eigenvalue weighted by Gasteiger charge is 2.53. The summed E-state index contributed by atoms with van der Waals surface area (Å²) in [6.07, 6.45) is 3.12. The van der Waals surface area contributed by atoms with E-state index >= 15 is 47.1 Å². The summed E-state index contributed by atoms with van der Waals surface area (Å²) < 4.78 is 32.7. The van der Waals surface area contributed by atoms with E-state index in [4.69, 9.17) is 22.6 Å². The predicted molar refractivity (Wildman–Crippen MR) is 499 cm³/mol. The van der Waals surface area contributed by atoms with Gasteiger partial charge in [-0.05, 0) is 98.7 Å². The van der Waals surface area contributed by atoms with Gasteiger partial charge in [0.1, 0.15) is 90.3 Å². The van der Waals surface area contributed by atoms with E-state index in [2.05, 4.69) is 78.4 Å². The smallest absolute Gasteiger partial charge is 0.267 e. The van der Waals surface area contributed by atoms with Crippen LogP contribution in [0.4, 0.5) is 8.78 Å². The van der Waals surface area contributed by atoms with E-state index in [0.717, 1.165) is 31.4 Å². The molecule has 744 valence electrons. The van der Waals surface area contributed by atoms with E-state index in [9.17, 15) is 53.4 Å². The van der Waals surface area contributed by atoms with Crippen molar-refractivity contribution in [2.45, 2.75) is 234 Å².